The molecule has 122 valence electrons. The van der Waals surface area contributed by atoms with Crippen LogP contribution in [0.25, 0.3) is 0 Å². The molecule has 4 nitrogen and oxygen atoms in total. The van der Waals surface area contributed by atoms with Crippen LogP contribution in [0.5, 0.6) is 0 Å². The minimum Gasteiger partial charge on any atom is -0.399 e. The summed E-state index contributed by atoms with van der Waals surface area (Å²) in [6.45, 7) is 9.81. The average molecular weight is 457 g/mol. The van der Waals surface area contributed by atoms with Crippen molar-refractivity contribution in [3.8, 4) is 0 Å². The lowest BCUT2D eigenvalue weighted by Crippen LogP contribution is -2.41. The second-order valence-electron chi connectivity index (χ2n) is 6.56. The first-order valence-electron chi connectivity index (χ1n) is 6.89. The standard InChI is InChI=1S/C14H19BClIO4S/c1-9-10(8-22(16,18)19)6-11(7-12(9)17)15-20-13(2,3)14(4,5)21-15/h6-7H,8H2,1-5H3. The van der Waals surface area contributed by atoms with Gasteiger partial charge in [-0.15, -0.1) is 0 Å². The van der Waals surface area contributed by atoms with Crippen LogP contribution in [0.15, 0.2) is 12.1 Å². The van der Waals surface area contributed by atoms with Gasteiger partial charge in [-0.05, 0) is 79.9 Å². The van der Waals surface area contributed by atoms with Crippen molar-refractivity contribution in [2.24, 2.45) is 0 Å². The van der Waals surface area contributed by atoms with Gasteiger partial charge in [0.25, 0.3) is 0 Å². The first kappa shape index (κ1) is 18.5. The van der Waals surface area contributed by atoms with E-state index in [2.05, 4.69) is 22.6 Å². The maximum Gasteiger partial charge on any atom is 0.494 e. The average Bonchev–Trinajstić information content (AvgIpc) is 2.52. The highest BCUT2D eigenvalue weighted by Crippen LogP contribution is 2.36. The van der Waals surface area contributed by atoms with Crippen LogP contribution in [0.4, 0.5) is 0 Å². The van der Waals surface area contributed by atoms with Gasteiger partial charge < -0.3 is 9.31 Å². The molecule has 0 aliphatic carbocycles. The third-order valence-corrected chi connectivity index (χ3v) is 6.43. The molecule has 1 aromatic rings. The minimum atomic E-state index is -3.62. The van der Waals surface area contributed by atoms with Gasteiger partial charge in [-0.2, -0.15) is 0 Å². The van der Waals surface area contributed by atoms with Gasteiger partial charge in [-0.1, -0.05) is 6.07 Å². The van der Waals surface area contributed by atoms with E-state index >= 15 is 0 Å². The van der Waals surface area contributed by atoms with Gasteiger partial charge >= 0.3 is 7.12 Å². The Hall–Kier alpha value is 0.175. The van der Waals surface area contributed by atoms with Gasteiger partial charge in [0.2, 0.25) is 9.05 Å². The van der Waals surface area contributed by atoms with Crippen molar-refractivity contribution >= 4 is 54.9 Å². The van der Waals surface area contributed by atoms with Crippen molar-refractivity contribution in [2.75, 3.05) is 0 Å². The van der Waals surface area contributed by atoms with E-state index in [1.165, 1.54) is 0 Å². The normalized spacial score (nSPS) is 20.4. The number of rotatable bonds is 3. The van der Waals surface area contributed by atoms with Crippen LogP contribution in [0, 0.1) is 10.5 Å². The first-order chi connectivity index (χ1) is 9.82. The molecule has 22 heavy (non-hydrogen) atoms. The van der Waals surface area contributed by atoms with E-state index in [-0.39, 0.29) is 5.75 Å². The highest BCUT2D eigenvalue weighted by atomic mass is 127. The second-order valence-corrected chi connectivity index (χ2v) is 10.5. The zero-order valence-corrected chi connectivity index (χ0v) is 17.0. The quantitative estimate of drug-likeness (QED) is 0.399. The maximum atomic E-state index is 11.4. The fourth-order valence-corrected chi connectivity index (χ4v) is 3.94. The fourth-order valence-electron chi connectivity index (χ4n) is 2.21. The molecule has 0 radical (unpaired) electrons. The Labute approximate surface area is 150 Å². The summed E-state index contributed by atoms with van der Waals surface area (Å²) < 4.78 is 35.8. The molecule has 0 atom stereocenters. The van der Waals surface area contributed by atoms with E-state index < -0.39 is 27.4 Å². The first-order valence-corrected chi connectivity index (χ1v) is 10.4. The van der Waals surface area contributed by atoms with Crippen molar-refractivity contribution in [1.82, 2.24) is 0 Å². The van der Waals surface area contributed by atoms with Crippen LogP contribution in [-0.4, -0.2) is 26.7 Å². The summed E-state index contributed by atoms with van der Waals surface area (Å²) in [6.07, 6.45) is 0. The molecule has 1 aliphatic rings. The van der Waals surface area contributed by atoms with Gasteiger partial charge in [-0.3, -0.25) is 0 Å². The number of benzene rings is 1. The summed E-state index contributed by atoms with van der Waals surface area (Å²) >= 11 is 2.18. The molecule has 1 aliphatic heterocycles. The van der Waals surface area contributed by atoms with Crippen molar-refractivity contribution in [2.45, 2.75) is 51.6 Å². The lowest BCUT2D eigenvalue weighted by Gasteiger charge is -2.32. The van der Waals surface area contributed by atoms with Crippen LogP contribution < -0.4 is 5.46 Å². The molecule has 0 bridgehead atoms. The van der Waals surface area contributed by atoms with E-state index in [0.717, 1.165) is 14.6 Å². The Bertz CT molecular complexity index is 687. The molecule has 1 saturated heterocycles. The Kier molecular flexibility index (Phi) is 4.98. The summed E-state index contributed by atoms with van der Waals surface area (Å²) in [5, 5.41) is 0. The van der Waals surface area contributed by atoms with Gasteiger partial charge in [-0.25, -0.2) is 8.42 Å². The predicted molar refractivity (Wildman–Crippen MR) is 98.1 cm³/mol. The van der Waals surface area contributed by atoms with Gasteiger partial charge in [0.15, 0.2) is 0 Å². The van der Waals surface area contributed by atoms with Gasteiger partial charge in [0, 0.05) is 14.3 Å². The van der Waals surface area contributed by atoms with E-state index in [4.69, 9.17) is 20.0 Å². The topological polar surface area (TPSA) is 52.6 Å². The SMILES string of the molecule is Cc1c(I)cc(B2OC(C)(C)C(C)(C)O2)cc1CS(=O)(=O)Cl. The molecule has 0 amide bonds. The molecule has 0 N–H and O–H groups in total. The Morgan fingerprint density at radius 2 is 1.68 bits per heavy atom. The second kappa shape index (κ2) is 5.91. The van der Waals surface area contributed by atoms with Crippen LogP contribution in [-0.2, 0) is 24.1 Å². The molecule has 0 unspecified atom stereocenters. The lowest BCUT2D eigenvalue weighted by atomic mass is 9.78. The maximum absolute atomic E-state index is 11.4. The number of hydrogen-bond donors (Lipinski definition) is 0. The summed E-state index contributed by atoms with van der Waals surface area (Å²) in [5.74, 6) is -0.205. The molecule has 0 aromatic heterocycles. The van der Waals surface area contributed by atoms with Crippen molar-refractivity contribution < 1.29 is 17.7 Å². The number of hydrogen-bond acceptors (Lipinski definition) is 4. The predicted octanol–water partition coefficient (Wildman–Crippen LogP) is 2.97. The highest BCUT2D eigenvalue weighted by Gasteiger charge is 2.51. The summed E-state index contributed by atoms with van der Waals surface area (Å²) in [6, 6.07) is 3.77. The molecule has 2 rings (SSSR count). The third kappa shape index (κ3) is 3.80. The van der Waals surface area contributed by atoms with E-state index in [1.54, 1.807) is 6.07 Å². The molecule has 1 fully saturated rings. The molecule has 1 heterocycles. The Morgan fingerprint density at radius 1 is 1.18 bits per heavy atom. The lowest BCUT2D eigenvalue weighted by molar-refractivity contribution is 0.00578. The van der Waals surface area contributed by atoms with E-state index in [9.17, 15) is 8.42 Å². The third-order valence-electron chi connectivity index (χ3n) is 4.33. The minimum absolute atomic E-state index is 0.205. The van der Waals surface area contributed by atoms with Gasteiger partial charge in [0.1, 0.15) is 0 Å². The van der Waals surface area contributed by atoms with E-state index in [0.29, 0.717) is 5.56 Å². The van der Waals surface area contributed by atoms with Crippen molar-refractivity contribution in [3.63, 3.8) is 0 Å². The van der Waals surface area contributed by atoms with Crippen LogP contribution >= 0.6 is 33.3 Å². The zero-order chi connectivity index (χ0) is 16.9. The van der Waals surface area contributed by atoms with Crippen molar-refractivity contribution in [3.05, 3.63) is 26.8 Å². The molecule has 0 spiro atoms. The largest absolute Gasteiger partial charge is 0.494 e. The molecule has 8 heteroatoms. The van der Waals surface area contributed by atoms with Crippen LogP contribution in [0.3, 0.4) is 0 Å². The molecular weight excluding hydrogens is 437 g/mol. The monoisotopic (exact) mass is 456 g/mol. The Morgan fingerprint density at radius 3 is 2.14 bits per heavy atom. The van der Waals surface area contributed by atoms with Gasteiger partial charge in [0.05, 0.1) is 17.0 Å². The fraction of sp³-hybridized carbons (Fsp3) is 0.571. The molecule has 1 aromatic carbocycles. The molecular formula is C14H19BClIO4S. The summed E-state index contributed by atoms with van der Waals surface area (Å²) in [5.41, 5.74) is 1.51. The number of halogens is 2. The van der Waals surface area contributed by atoms with Crippen LogP contribution in [0.1, 0.15) is 38.8 Å². The summed E-state index contributed by atoms with van der Waals surface area (Å²) in [7, 11) is 1.27. The van der Waals surface area contributed by atoms with Crippen molar-refractivity contribution in [1.29, 1.82) is 0 Å². The smallest absolute Gasteiger partial charge is 0.399 e. The highest BCUT2D eigenvalue weighted by molar-refractivity contribution is 14.1. The zero-order valence-electron chi connectivity index (χ0n) is 13.2. The summed E-state index contributed by atoms with van der Waals surface area (Å²) in [4.78, 5) is 0. The van der Waals surface area contributed by atoms with E-state index in [1.807, 2.05) is 40.7 Å². The van der Waals surface area contributed by atoms with Crippen LogP contribution in [0.2, 0.25) is 0 Å². The Balaban J connectivity index is 2.42. The molecule has 0 saturated carbocycles.